The van der Waals surface area contributed by atoms with E-state index in [-0.39, 0.29) is 12.1 Å². The highest BCUT2D eigenvalue weighted by molar-refractivity contribution is 7.88. The molecule has 2 amide bonds. The Labute approximate surface area is 139 Å². The normalized spacial score (nSPS) is 23.1. The van der Waals surface area contributed by atoms with Crippen molar-refractivity contribution in [1.29, 1.82) is 0 Å². The monoisotopic (exact) mass is 344 g/mol. The first-order valence-corrected chi connectivity index (χ1v) is 10.00. The topological polar surface area (TPSA) is 73.0 Å². The van der Waals surface area contributed by atoms with E-state index >= 15 is 0 Å². The van der Waals surface area contributed by atoms with Crippen molar-refractivity contribution in [2.75, 3.05) is 52.6 Å². The maximum Gasteiger partial charge on any atom is 0.317 e. The summed E-state index contributed by atoms with van der Waals surface area (Å²) in [5.74, 6) is 0. The van der Waals surface area contributed by atoms with Gasteiger partial charge in [-0.25, -0.2) is 17.5 Å². The third-order valence-corrected chi connectivity index (χ3v) is 5.86. The van der Waals surface area contributed by atoms with E-state index in [1.165, 1.54) is 16.1 Å². The van der Waals surface area contributed by atoms with Crippen LogP contribution >= 0.6 is 0 Å². The van der Waals surface area contributed by atoms with Gasteiger partial charge in [-0.05, 0) is 32.4 Å². The van der Waals surface area contributed by atoms with E-state index in [4.69, 9.17) is 0 Å². The van der Waals surface area contributed by atoms with E-state index in [1.807, 2.05) is 6.92 Å². The van der Waals surface area contributed by atoms with E-state index < -0.39 is 10.0 Å². The molecule has 2 aliphatic heterocycles. The van der Waals surface area contributed by atoms with Crippen LogP contribution in [-0.2, 0) is 10.0 Å². The summed E-state index contributed by atoms with van der Waals surface area (Å²) >= 11 is 0. The van der Waals surface area contributed by atoms with Crippen LogP contribution < -0.4 is 5.32 Å². The zero-order valence-corrected chi connectivity index (χ0v) is 15.1. The first kappa shape index (κ1) is 18.2. The van der Waals surface area contributed by atoms with Gasteiger partial charge in [0.25, 0.3) is 0 Å². The van der Waals surface area contributed by atoms with Crippen molar-refractivity contribution >= 4 is 16.1 Å². The number of amides is 2. The molecule has 0 saturated carbocycles. The quantitative estimate of drug-likeness (QED) is 0.748. The number of nitrogens with zero attached hydrogens (tertiary/aromatic N) is 3. The molecule has 0 aliphatic carbocycles. The highest BCUT2D eigenvalue weighted by atomic mass is 32.2. The van der Waals surface area contributed by atoms with Gasteiger partial charge in [-0.1, -0.05) is 6.08 Å². The van der Waals surface area contributed by atoms with Gasteiger partial charge in [0.2, 0.25) is 10.0 Å². The summed E-state index contributed by atoms with van der Waals surface area (Å²) in [7, 11) is -1.10. The van der Waals surface area contributed by atoms with Gasteiger partial charge in [0, 0.05) is 45.3 Å². The molecule has 0 radical (unpaired) electrons. The Morgan fingerprint density at radius 1 is 1.22 bits per heavy atom. The van der Waals surface area contributed by atoms with Crippen LogP contribution in [0.5, 0.6) is 0 Å². The largest absolute Gasteiger partial charge is 0.332 e. The fourth-order valence-electron chi connectivity index (χ4n) is 2.98. The third-order valence-electron chi connectivity index (χ3n) is 4.55. The number of carbonyl (C=O) groups is 1. The lowest BCUT2D eigenvalue weighted by molar-refractivity contribution is 0.198. The van der Waals surface area contributed by atoms with Crippen LogP contribution in [0.3, 0.4) is 0 Å². The summed E-state index contributed by atoms with van der Waals surface area (Å²) in [6, 6.07) is -0.0851. The molecular weight excluding hydrogens is 316 g/mol. The predicted octanol–water partition coefficient (Wildman–Crippen LogP) is 0.314. The number of nitrogens with one attached hydrogen (secondary N) is 1. The van der Waals surface area contributed by atoms with Crippen molar-refractivity contribution < 1.29 is 13.2 Å². The Hall–Kier alpha value is -1.12. The highest BCUT2D eigenvalue weighted by Crippen LogP contribution is 2.14. The van der Waals surface area contributed by atoms with Crippen molar-refractivity contribution in [3.05, 3.63) is 11.6 Å². The minimum Gasteiger partial charge on any atom is -0.332 e. The van der Waals surface area contributed by atoms with Crippen LogP contribution in [0.15, 0.2) is 11.6 Å². The predicted molar refractivity (Wildman–Crippen MR) is 90.8 cm³/mol. The molecule has 0 unspecified atom stereocenters. The molecule has 2 heterocycles. The Bertz CT molecular complexity index is 561. The average Bonchev–Trinajstić information content (AvgIpc) is 2.73. The lowest BCUT2D eigenvalue weighted by Gasteiger charge is -2.28. The molecule has 1 fully saturated rings. The van der Waals surface area contributed by atoms with Gasteiger partial charge in [-0.15, -0.1) is 0 Å². The highest BCUT2D eigenvalue weighted by Gasteiger charge is 2.25. The summed E-state index contributed by atoms with van der Waals surface area (Å²) in [5, 5.41) is 3.05. The van der Waals surface area contributed by atoms with E-state index in [2.05, 4.69) is 23.3 Å². The number of likely N-dealkylation sites (N-methyl/N-ethyl adjacent to an activating group) is 1. The van der Waals surface area contributed by atoms with Crippen LogP contribution in [0.25, 0.3) is 0 Å². The van der Waals surface area contributed by atoms with Crippen LogP contribution in [0, 0.1) is 0 Å². The second-order valence-corrected chi connectivity index (χ2v) is 8.45. The Kier molecular flexibility index (Phi) is 6.05. The van der Waals surface area contributed by atoms with Crippen LogP contribution in [0.2, 0.25) is 0 Å². The molecule has 2 rings (SSSR count). The molecule has 2 aliphatic rings. The Balaban J connectivity index is 1.88. The van der Waals surface area contributed by atoms with Crippen molar-refractivity contribution in [3.8, 4) is 0 Å². The number of hydrogen-bond acceptors (Lipinski definition) is 4. The molecular formula is C15H28N4O3S. The van der Waals surface area contributed by atoms with Gasteiger partial charge in [-0.2, -0.15) is 0 Å². The molecule has 0 bridgehead atoms. The van der Waals surface area contributed by atoms with Crippen molar-refractivity contribution in [2.45, 2.75) is 25.8 Å². The Morgan fingerprint density at radius 3 is 2.57 bits per heavy atom. The van der Waals surface area contributed by atoms with Crippen molar-refractivity contribution in [2.24, 2.45) is 0 Å². The van der Waals surface area contributed by atoms with E-state index in [0.717, 1.165) is 19.5 Å². The summed E-state index contributed by atoms with van der Waals surface area (Å²) < 4.78 is 24.7. The number of rotatable bonds is 3. The minimum absolute atomic E-state index is 0.0189. The van der Waals surface area contributed by atoms with Crippen LogP contribution in [0.4, 0.5) is 4.79 Å². The zero-order valence-electron chi connectivity index (χ0n) is 14.3. The first-order chi connectivity index (χ1) is 10.8. The van der Waals surface area contributed by atoms with Gasteiger partial charge in [-0.3, -0.25) is 0 Å². The molecule has 1 N–H and O–H groups in total. The van der Waals surface area contributed by atoms with Gasteiger partial charge < -0.3 is 15.1 Å². The summed E-state index contributed by atoms with van der Waals surface area (Å²) in [6.07, 6.45) is 5.04. The molecule has 1 atom stereocenters. The van der Waals surface area contributed by atoms with Gasteiger partial charge in [0.1, 0.15) is 0 Å². The SMILES string of the molecule is C[C@H](NC(=O)N1CCCN(S(C)(=O)=O)CC1)C1=CCN(C)CC1. The molecule has 0 spiro atoms. The van der Waals surface area contributed by atoms with E-state index in [1.54, 1.807) is 4.90 Å². The maximum atomic E-state index is 12.4. The number of sulfonamides is 1. The van der Waals surface area contributed by atoms with Gasteiger partial charge >= 0.3 is 6.03 Å². The van der Waals surface area contributed by atoms with Crippen molar-refractivity contribution in [1.82, 2.24) is 19.4 Å². The van der Waals surface area contributed by atoms with E-state index in [0.29, 0.717) is 32.6 Å². The second kappa shape index (κ2) is 7.63. The number of hydrogen-bond donors (Lipinski definition) is 1. The van der Waals surface area contributed by atoms with E-state index in [9.17, 15) is 13.2 Å². The third kappa shape index (κ3) is 5.19. The lowest BCUT2D eigenvalue weighted by atomic mass is 10.0. The smallest absolute Gasteiger partial charge is 0.317 e. The average molecular weight is 344 g/mol. The standard InChI is InChI=1S/C15H28N4O3S/c1-13(14-5-9-17(2)10-6-14)16-15(20)18-7-4-8-19(12-11-18)23(3,21)22/h5,13H,4,6-12H2,1-3H3,(H,16,20)/t13-/m0/s1. The fourth-order valence-corrected chi connectivity index (χ4v) is 3.85. The minimum atomic E-state index is -3.18. The molecule has 7 nitrogen and oxygen atoms in total. The fraction of sp³-hybridized carbons (Fsp3) is 0.800. The molecule has 0 aromatic heterocycles. The molecule has 132 valence electrons. The number of urea groups is 1. The Morgan fingerprint density at radius 2 is 1.96 bits per heavy atom. The molecule has 23 heavy (non-hydrogen) atoms. The first-order valence-electron chi connectivity index (χ1n) is 8.15. The summed E-state index contributed by atoms with van der Waals surface area (Å²) in [4.78, 5) is 16.4. The van der Waals surface area contributed by atoms with Crippen LogP contribution in [-0.4, -0.2) is 87.2 Å². The van der Waals surface area contributed by atoms with Crippen molar-refractivity contribution in [3.63, 3.8) is 0 Å². The van der Waals surface area contributed by atoms with Gasteiger partial charge in [0.15, 0.2) is 0 Å². The lowest BCUT2D eigenvalue weighted by Crippen LogP contribution is -2.46. The maximum absolute atomic E-state index is 12.4. The molecule has 8 heteroatoms. The zero-order chi connectivity index (χ0) is 17.0. The second-order valence-electron chi connectivity index (χ2n) is 6.47. The molecule has 1 saturated heterocycles. The number of carbonyl (C=O) groups excluding carboxylic acids is 1. The summed E-state index contributed by atoms with van der Waals surface area (Å²) in [5.41, 5.74) is 1.27. The van der Waals surface area contributed by atoms with Gasteiger partial charge in [0.05, 0.1) is 6.26 Å². The molecule has 0 aromatic carbocycles. The van der Waals surface area contributed by atoms with Crippen LogP contribution in [0.1, 0.15) is 19.8 Å². The molecule has 0 aromatic rings. The summed E-state index contributed by atoms with van der Waals surface area (Å²) in [6.45, 7) is 5.82.